The number of alkyl halides is 3. The molecule has 0 atom stereocenters. The molecule has 4 nitrogen and oxygen atoms in total. The van der Waals surface area contributed by atoms with Crippen LogP contribution < -0.4 is 10.9 Å². The highest BCUT2D eigenvalue weighted by molar-refractivity contribution is 7.10. The molecule has 0 aromatic carbocycles. The van der Waals surface area contributed by atoms with Crippen LogP contribution in [0.25, 0.3) is 0 Å². The molecule has 0 bridgehead atoms. The van der Waals surface area contributed by atoms with Gasteiger partial charge in [0.1, 0.15) is 11.3 Å². The summed E-state index contributed by atoms with van der Waals surface area (Å²) in [4.78, 5) is 26.5. The van der Waals surface area contributed by atoms with E-state index in [9.17, 15) is 22.8 Å². The van der Waals surface area contributed by atoms with E-state index in [4.69, 9.17) is 0 Å². The fourth-order valence-electron chi connectivity index (χ4n) is 1.98. The van der Waals surface area contributed by atoms with Crippen LogP contribution in [0.3, 0.4) is 0 Å². The van der Waals surface area contributed by atoms with Gasteiger partial charge < -0.3 is 10.3 Å². The van der Waals surface area contributed by atoms with Crippen LogP contribution in [-0.4, -0.2) is 17.4 Å². The minimum absolute atomic E-state index is 0.204. The Morgan fingerprint density at radius 2 is 1.96 bits per heavy atom. The van der Waals surface area contributed by atoms with E-state index in [1.807, 2.05) is 36.3 Å². The van der Waals surface area contributed by atoms with Crippen molar-refractivity contribution in [1.29, 1.82) is 0 Å². The maximum atomic E-state index is 12.5. The largest absolute Gasteiger partial charge is 0.421 e. The third-order valence-corrected chi connectivity index (χ3v) is 4.57. The first-order chi connectivity index (χ1) is 10.6. The number of hydrogen-bond donors (Lipinski definition) is 2. The third-order valence-electron chi connectivity index (χ3n) is 3.34. The highest BCUT2D eigenvalue weighted by atomic mass is 32.1. The Morgan fingerprint density at radius 1 is 1.26 bits per heavy atom. The molecule has 0 radical (unpaired) electrons. The van der Waals surface area contributed by atoms with Gasteiger partial charge in [-0.05, 0) is 23.6 Å². The van der Waals surface area contributed by atoms with Gasteiger partial charge in [-0.1, -0.05) is 19.9 Å². The number of H-pyrrole nitrogens is 1. The first-order valence-electron chi connectivity index (χ1n) is 6.74. The number of pyridine rings is 1. The highest BCUT2D eigenvalue weighted by Gasteiger charge is 2.34. The van der Waals surface area contributed by atoms with Crippen molar-refractivity contribution in [3.8, 4) is 0 Å². The fraction of sp³-hybridized carbons (Fsp3) is 0.333. The van der Waals surface area contributed by atoms with Crippen LogP contribution in [0.1, 0.15) is 34.8 Å². The zero-order valence-electron chi connectivity index (χ0n) is 12.5. The minimum Gasteiger partial charge on any atom is -0.350 e. The number of rotatable bonds is 4. The summed E-state index contributed by atoms with van der Waals surface area (Å²) in [5.74, 6) is -0.625. The number of carbonyl (C=O) groups excluding carboxylic acids is 1. The number of amides is 1. The second-order valence-corrected chi connectivity index (χ2v) is 6.60. The van der Waals surface area contributed by atoms with E-state index in [1.54, 1.807) is 11.3 Å². The molecule has 0 aliphatic rings. The molecule has 0 saturated heterocycles. The van der Waals surface area contributed by atoms with E-state index < -0.39 is 23.2 Å². The van der Waals surface area contributed by atoms with Gasteiger partial charge in [0, 0.05) is 16.8 Å². The van der Waals surface area contributed by atoms with Crippen molar-refractivity contribution >= 4 is 17.2 Å². The summed E-state index contributed by atoms with van der Waals surface area (Å²) in [5, 5.41) is 4.55. The summed E-state index contributed by atoms with van der Waals surface area (Å²) in [6.07, 6.45) is -4.75. The zero-order valence-corrected chi connectivity index (χ0v) is 13.3. The predicted molar refractivity (Wildman–Crippen MR) is 81.7 cm³/mol. The molecule has 23 heavy (non-hydrogen) atoms. The standard InChI is InChI=1S/C15H15F3N2O2S/c1-14(2,11-4-3-7-23-11)8-19-13(22)10-6-5-9(12(21)20-10)15(16,17)18/h3-7H,8H2,1-2H3,(H,19,22)(H,20,21). The molecule has 1 amide bonds. The van der Waals surface area contributed by atoms with Crippen LogP contribution in [-0.2, 0) is 11.6 Å². The summed E-state index contributed by atoms with van der Waals surface area (Å²) in [6.45, 7) is 4.17. The number of hydrogen-bond acceptors (Lipinski definition) is 3. The molecule has 2 rings (SSSR count). The van der Waals surface area contributed by atoms with Gasteiger partial charge >= 0.3 is 6.18 Å². The number of aromatic amines is 1. The number of carbonyl (C=O) groups is 1. The average Bonchev–Trinajstić information content (AvgIpc) is 2.98. The van der Waals surface area contributed by atoms with E-state index in [1.165, 1.54) is 0 Å². The van der Waals surface area contributed by atoms with Gasteiger partial charge in [0.25, 0.3) is 11.5 Å². The zero-order chi connectivity index (χ0) is 17.3. The van der Waals surface area contributed by atoms with Gasteiger partial charge in [-0.2, -0.15) is 13.2 Å². The lowest BCUT2D eigenvalue weighted by molar-refractivity contribution is -0.138. The van der Waals surface area contributed by atoms with E-state index in [2.05, 4.69) is 5.32 Å². The fourth-order valence-corrected chi connectivity index (χ4v) is 2.83. The van der Waals surface area contributed by atoms with Crippen LogP contribution >= 0.6 is 11.3 Å². The summed E-state index contributed by atoms with van der Waals surface area (Å²) in [7, 11) is 0. The van der Waals surface area contributed by atoms with Crippen molar-refractivity contribution in [3.63, 3.8) is 0 Å². The van der Waals surface area contributed by atoms with E-state index in [-0.39, 0.29) is 17.7 Å². The van der Waals surface area contributed by atoms with Crippen molar-refractivity contribution in [2.75, 3.05) is 6.54 Å². The molecule has 2 aromatic rings. The quantitative estimate of drug-likeness (QED) is 0.895. The summed E-state index contributed by atoms with van der Waals surface area (Å²) < 4.78 is 37.6. The molecule has 2 aromatic heterocycles. The molecular weight excluding hydrogens is 329 g/mol. The topological polar surface area (TPSA) is 62.0 Å². The van der Waals surface area contributed by atoms with Crippen LogP contribution in [0.5, 0.6) is 0 Å². The minimum atomic E-state index is -4.75. The Hall–Kier alpha value is -2.09. The predicted octanol–water partition coefficient (Wildman–Crippen LogP) is 3.16. The molecule has 8 heteroatoms. The molecule has 0 aliphatic heterocycles. The van der Waals surface area contributed by atoms with Crippen molar-refractivity contribution in [3.05, 3.63) is 56.1 Å². The van der Waals surface area contributed by atoms with E-state index in [0.29, 0.717) is 6.07 Å². The van der Waals surface area contributed by atoms with Crippen molar-refractivity contribution < 1.29 is 18.0 Å². The lowest BCUT2D eigenvalue weighted by atomic mass is 9.91. The highest BCUT2D eigenvalue weighted by Crippen LogP contribution is 2.27. The summed E-state index contributed by atoms with van der Waals surface area (Å²) >= 11 is 1.55. The lowest BCUT2D eigenvalue weighted by Gasteiger charge is -2.23. The van der Waals surface area contributed by atoms with Crippen molar-refractivity contribution in [2.45, 2.75) is 25.4 Å². The first kappa shape index (κ1) is 17.3. The SMILES string of the molecule is CC(C)(CNC(=O)c1ccc(C(F)(F)F)c(=O)[nH]1)c1cccs1. The van der Waals surface area contributed by atoms with Crippen LogP contribution in [0, 0.1) is 0 Å². The van der Waals surface area contributed by atoms with Crippen LogP contribution in [0.4, 0.5) is 13.2 Å². The molecule has 0 fully saturated rings. The summed E-state index contributed by atoms with van der Waals surface area (Å²) in [5.41, 5.74) is -3.18. The molecule has 0 spiro atoms. The maximum Gasteiger partial charge on any atom is 0.421 e. The van der Waals surface area contributed by atoms with E-state index >= 15 is 0 Å². The van der Waals surface area contributed by atoms with Crippen LogP contribution in [0.2, 0.25) is 0 Å². The molecular formula is C15H15F3N2O2S. The Bertz CT molecular complexity index is 749. The monoisotopic (exact) mass is 344 g/mol. The molecule has 0 saturated carbocycles. The Kier molecular flexibility index (Phi) is 4.65. The van der Waals surface area contributed by atoms with Gasteiger partial charge in [-0.25, -0.2) is 0 Å². The van der Waals surface area contributed by atoms with Gasteiger partial charge in [0.15, 0.2) is 0 Å². The third kappa shape index (κ3) is 4.01. The Labute approximate surface area is 134 Å². The maximum absolute atomic E-state index is 12.5. The Morgan fingerprint density at radius 3 is 2.48 bits per heavy atom. The van der Waals surface area contributed by atoms with Crippen LogP contribution in [0.15, 0.2) is 34.4 Å². The first-order valence-corrected chi connectivity index (χ1v) is 7.62. The number of halogens is 3. The molecule has 2 N–H and O–H groups in total. The lowest BCUT2D eigenvalue weighted by Crippen LogP contribution is -2.37. The average molecular weight is 344 g/mol. The van der Waals surface area contributed by atoms with Gasteiger partial charge in [-0.3, -0.25) is 9.59 Å². The molecule has 2 heterocycles. The summed E-state index contributed by atoms with van der Waals surface area (Å²) in [6, 6.07) is 5.41. The number of thiophene rings is 1. The van der Waals surface area contributed by atoms with Gasteiger partial charge in [0.05, 0.1) is 0 Å². The normalized spacial score (nSPS) is 12.2. The molecule has 0 aliphatic carbocycles. The van der Waals surface area contributed by atoms with Crippen molar-refractivity contribution in [2.24, 2.45) is 0 Å². The molecule has 124 valence electrons. The number of aromatic nitrogens is 1. The second kappa shape index (κ2) is 6.19. The van der Waals surface area contributed by atoms with E-state index in [0.717, 1.165) is 10.9 Å². The van der Waals surface area contributed by atoms with Gasteiger partial charge in [-0.15, -0.1) is 11.3 Å². The van der Waals surface area contributed by atoms with Crippen molar-refractivity contribution in [1.82, 2.24) is 10.3 Å². The van der Waals surface area contributed by atoms with Gasteiger partial charge in [0.2, 0.25) is 0 Å². The Balaban J connectivity index is 2.10. The number of nitrogens with one attached hydrogen (secondary N) is 2. The second-order valence-electron chi connectivity index (χ2n) is 5.66. The molecule has 0 unspecified atom stereocenters. The smallest absolute Gasteiger partial charge is 0.350 e.